The Hall–Kier alpha value is -0.630. The molecule has 0 fully saturated rings. The van der Waals surface area contributed by atoms with Gasteiger partial charge in [0.2, 0.25) is 0 Å². The lowest BCUT2D eigenvalue weighted by molar-refractivity contribution is -0.117. The Kier molecular flexibility index (Phi) is 8.99. The zero-order valence-electron chi connectivity index (χ0n) is 13.3. The van der Waals surface area contributed by atoms with Crippen molar-refractivity contribution < 1.29 is 9.90 Å². The second kappa shape index (κ2) is 9.30. The summed E-state index contributed by atoms with van der Waals surface area (Å²) >= 11 is 0. The van der Waals surface area contributed by atoms with Crippen molar-refractivity contribution in [3.63, 3.8) is 0 Å². The van der Waals surface area contributed by atoms with Crippen LogP contribution in [0.2, 0.25) is 0 Å². The van der Waals surface area contributed by atoms with Crippen LogP contribution in [0.15, 0.2) is 12.2 Å². The number of carbonyl (C=O) groups excluding carboxylic acids is 1. The highest BCUT2D eigenvalue weighted by Gasteiger charge is 2.27. The van der Waals surface area contributed by atoms with Gasteiger partial charge in [-0.15, -0.1) is 0 Å². The molecule has 1 atom stereocenters. The second-order valence-electron chi connectivity index (χ2n) is 6.38. The molecule has 0 bridgehead atoms. The molecule has 0 aromatic heterocycles. The third kappa shape index (κ3) is 8.20. The van der Waals surface area contributed by atoms with Crippen molar-refractivity contribution in [2.24, 2.45) is 5.41 Å². The molecule has 0 heterocycles. The average molecular weight is 268 g/mol. The lowest BCUT2D eigenvalue weighted by Crippen LogP contribution is -2.30. The Labute approximate surface area is 119 Å². The molecule has 0 aliphatic heterocycles. The smallest absolute Gasteiger partial charge is 0.129 e. The first kappa shape index (κ1) is 18.4. The predicted octanol–water partition coefficient (Wildman–Crippen LogP) is 4.66. The first-order chi connectivity index (χ1) is 8.78. The molecule has 1 N–H and O–H groups in total. The van der Waals surface area contributed by atoms with Crippen molar-refractivity contribution >= 4 is 5.78 Å². The van der Waals surface area contributed by atoms with Crippen molar-refractivity contribution in [2.75, 3.05) is 0 Å². The molecule has 19 heavy (non-hydrogen) atoms. The number of aliphatic hydroxyl groups is 1. The summed E-state index contributed by atoms with van der Waals surface area (Å²) in [4.78, 5) is 10.8. The van der Waals surface area contributed by atoms with E-state index in [4.69, 9.17) is 0 Å². The average Bonchev–Trinajstić information content (AvgIpc) is 2.31. The molecule has 0 aliphatic carbocycles. The van der Waals surface area contributed by atoms with Gasteiger partial charge in [-0.2, -0.15) is 0 Å². The summed E-state index contributed by atoms with van der Waals surface area (Å²) in [5.74, 6) is 0.296. The van der Waals surface area contributed by atoms with Crippen LogP contribution >= 0.6 is 0 Å². The summed E-state index contributed by atoms with van der Waals surface area (Å²) in [6.07, 6.45) is 8.13. The predicted molar refractivity (Wildman–Crippen MR) is 82.2 cm³/mol. The van der Waals surface area contributed by atoms with E-state index in [9.17, 15) is 9.90 Å². The van der Waals surface area contributed by atoms with Crippen molar-refractivity contribution in [2.45, 2.75) is 85.2 Å². The maximum atomic E-state index is 10.8. The Balaban J connectivity index is 3.54. The highest BCUT2D eigenvalue weighted by molar-refractivity contribution is 5.75. The van der Waals surface area contributed by atoms with Gasteiger partial charge < -0.3 is 9.90 Å². The fraction of sp³-hybridized carbons (Fsp3) is 0.824. The molecular formula is C17H32O2. The van der Waals surface area contributed by atoms with Crippen LogP contribution in [0.5, 0.6) is 0 Å². The van der Waals surface area contributed by atoms with Crippen molar-refractivity contribution in [1.29, 1.82) is 0 Å². The van der Waals surface area contributed by atoms with Gasteiger partial charge in [-0.1, -0.05) is 58.1 Å². The molecular weight excluding hydrogens is 236 g/mol. The van der Waals surface area contributed by atoms with Crippen LogP contribution in [0, 0.1) is 5.41 Å². The highest BCUT2D eigenvalue weighted by atomic mass is 16.3. The SMILES string of the molecule is C=C(C)C(C)(C)C(O)CCCCCCCCC(C)=O. The molecule has 2 nitrogen and oxygen atoms in total. The summed E-state index contributed by atoms with van der Waals surface area (Å²) in [7, 11) is 0. The van der Waals surface area contributed by atoms with Crippen molar-refractivity contribution in [1.82, 2.24) is 0 Å². The fourth-order valence-electron chi connectivity index (χ4n) is 2.06. The van der Waals surface area contributed by atoms with E-state index in [1.54, 1.807) is 6.92 Å². The lowest BCUT2D eigenvalue weighted by Gasteiger charge is -2.31. The number of hydrogen-bond acceptors (Lipinski definition) is 2. The van der Waals surface area contributed by atoms with Gasteiger partial charge in [-0.3, -0.25) is 0 Å². The van der Waals surface area contributed by atoms with Crippen LogP contribution in [0.25, 0.3) is 0 Å². The first-order valence-electron chi connectivity index (χ1n) is 7.62. The number of aliphatic hydroxyl groups excluding tert-OH is 1. The van der Waals surface area contributed by atoms with Crippen LogP contribution in [0.4, 0.5) is 0 Å². The Morgan fingerprint density at radius 2 is 1.53 bits per heavy atom. The molecule has 0 saturated carbocycles. The van der Waals surface area contributed by atoms with Gasteiger partial charge in [-0.05, 0) is 26.7 Å². The topological polar surface area (TPSA) is 37.3 Å². The minimum Gasteiger partial charge on any atom is -0.392 e. The molecule has 0 spiro atoms. The number of carbonyl (C=O) groups is 1. The van der Waals surface area contributed by atoms with E-state index in [0.717, 1.165) is 37.7 Å². The van der Waals surface area contributed by atoms with E-state index in [0.29, 0.717) is 5.78 Å². The number of Topliss-reactive ketones (excluding diaryl/α,β-unsaturated/α-hetero) is 1. The van der Waals surface area contributed by atoms with E-state index in [1.165, 1.54) is 19.3 Å². The minimum atomic E-state index is -0.289. The molecule has 0 aromatic carbocycles. The van der Waals surface area contributed by atoms with Gasteiger partial charge in [0.05, 0.1) is 6.10 Å². The van der Waals surface area contributed by atoms with E-state index in [-0.39, 0.29) is 11.5 Å². The molecule has 0 saturated heterocycles. The van der Waals surface area contributed by atoms with E-state index in [2.05, 4.69) is 20.4 Å². The Bertz CT molecular complexity index is 279. The lowest BCUT2D eigenvalue weighted by atomic mass is 9.78. The number of rotatable bonds is 11. The van der Waals surface area contributed by atoms with Gasteiger partial charge in [0, 0.05) is 11.8 Å². The van der Waals surface area contributed by atoms with Gasteiger partial charge in [0.25, 0.3) is 0 Å². The maximum absolute atomic E-state index is 10.8. The Morgan fingerprint density at radius 3 is 2.00 bits per heavy atom. The third-order valence-electron chi connectivity index (χ3n) is 4.19. The normalized spacial score (nSPS) is 13.3. The van der Waals surface area contributed by atoms with Gasteiger partial charge in [-0.25, -0.2) is 0 Å². The van der Waals surface area contributed by atoms with Crippen LogP contribution in [-0.2, 0) is 4.79 Å². The van der Waals surface area contributed by atoms with Gasteiger partial charge >= 0.3 is 0 Å². The summed E-state index contributed by atoms with van der Waals surface area (Å²) < 4.78 is 0. The molecule has 1 unspecified atom stereocenters. The largest absolute Gasteiger partial charge is 0.392 e. The van der Waals surface area contributed by atoms with Crippen LogP contribution in [0.3, 0.4) is 0 Å². The minimum absolute atomic E-state index is 0.179. The molecule has 0 amide bonds. The second-order valence-corrected chi connectivity index (χ2v) is 6.38. The molecule has 112 valence electrons. The standard InChI is InChI=1S/C17H32O2/c1-14(2)17(4,5)16(19)13-11-9-7-6-8-10-12-15(3)18/h16,19H,1,6-13H2,2-5H3. The quantitative estimate of drug-likeness (QED) is 0.437. The highest BCUT2D eigenvalue weighted by Crippen LogP contribution is 2.31. The first-order valence-corrected chi connectivity index (χ1v) is 7.62. The maximum Gasteiger partial charge on any atom is 0.129 e. The number of ketones is 1. The number of unbranched alkanes of at least 4 members (excludes halogenated alkanes) is 5. The van der Waals surface area contributed by atoms with Crippen molar-refractivity contribution in [3.05, 3.63) is 12.2 Å². The van der Waals surface area contributed by atoms with Gasteiger partial charge in [0.15, 0.2) is 0 Å². The van der Waals surface area contributed by atoms with Gasteiger partial charge in [0.1, 0.15) is 5.78 Å². The third-order valence-corrected chi connectivity index (χ3v) is 4.19. The molecule has 2 heteroatoms. The van der Waals surface area contributed by atoms with Crippen molar-refractivity contribution in [3.8, 4) is 0 Å². The monoisotopic (exact) mass is 268 g/mol. The van der Waals surface area contributed by atoms with Crippen LogP contribution < -0.4 is 0 Å². The summed E-state index contributed by atoms with van der Waals surface area (Å²) in [6, 6.07) is 0. The summed E-state index contributed by atoms with van der Waals surface area (Å²) in [5.41, 5.74) is 0.867. The molecule has 0 aromatic rings. The summed E-state index contributed by atoms with van der Waals surface area (Å²) in [5, 5.41) is 10.2. The number of hydrogen-bond donors (Lipinski definition) is 1. The van der Waals surface area contributed by atoms with Crippen LogP contribution in [-0.4, -0.2) is 17.0 Å². The molecule has 0 radical (unpaired) electrons. The van der Waals surface area contributed by atoms with Crippen LogP contribution in [0.1, 0.15) is 79.1 Å². The Morgan fingerprint density at radius 1 is 1.05 bits per heavy atom. The summed E-state index contributed by atoms with van der Waals surface area (Å²) in [6.45, 7) is 11.7. The van der Waals surface area contributed by atoms with E-state index in [1.807, 2.05) is 6.92 Å². The van der Waals surface area contributed by atoms with E-state index < -0.39 is 0 Å². The molecule has 0 aliphatic rings. The zero-order valence-corrected chi connectivity index (χ0v) is 13.3. The fourth-order valence-corrected chi connectivity index (χ4v) is 2.06. The molecule has 0 rings (SSSR count). The zero-order chi connectivity index (χ0) is 14.9. The van der Waals surface area contributed by atoms with E-state index >= 15 is 0 Å².